The number of hydrogen-bond donors (Lipinski definition) is 0. The fraction of sp³-hybridized carbons (Fsp3) is 0.667. The summed E-state index contributed by atoms with van der Waals surface area (Å²) in [5, 5.41) is 0. The molecular formula is C18H28O4. The number of methoxy groups -OCH3 is 1. The molecular weight excluding hydrogens is 280 g/mol. The van der Waals surface area contributed by atoms with Gasteiger partial charge in [0.25, 0.3) is 0 Å². The zero-order valence-electron chi connectivity index (χ0n) is 13.6. The van der Waals surface area contributed by atoms with Gasteiger partial charge >= 0.3 is 0 Å². The Morgan fingerprint density at radius 2 is 1.86 bits per heavy atom. The van der Waals surface area contributed by atoms with Crippen LogP contribution in [0.2, 0.25) is 0 Å². The van der Waals surface area contributed by atoms with E-state index >= 15 is 0 Å². The molecule has 0 bridgehead atoms. The summed E-state index contributed by atoms with van der Waals surface area (Å²) in [6, 6.07) is 8.00. The van der Waals surface area contributed by atoms with E-state index in [4.69, 9.17) is 18.9 Å². The van der Waals surface area contributed by atoms with Gasteiger partial charge in [0.05, 0.1) is 13.7 Å². The lowest BCUT2D eigenvalue weighted by Gasteiger charge is -2.22. The first-order valence-electron chi connectivity index (χ1n) is 8.32. The Morgan fingerprint density at radius 1 is 1.05 bits per heavy atom. The number of unbranched alkanes of at least 4 members (excludes halogenated alkanes) is 2. The molecule has 22 heavy (non-hydrogen) atoms. The highest BCUT2D eigenvalue weighted by Crippen LogP contribution is 2.14. The lowest BCUT2D eigenvalue weighted by atomic mass is 10.2. The molecule has 4 heteroatoms. The van der Waals surface area contributed by atoms with Gasteiger partial charge in [-0.25, -0.2) is 0 Å². The second kappa shape index (κ2) is 10.6. The Bertz CT molecular complexity index is 385. The summed E-state index contributed by atoms with van der Waals surface area (Å²) in [4.78, 5) is 0. The molecule has 0 aliphatic carbocycles. The minimum Gasteiger partial charge on any atom is -0.497 e. The van der Waals surface area contributed by atoms with Crippen LogP contribution in [0.4, 0.5) is 0 Å². The van der Waals surface area contributed by atoms with Crippen molar-refractivity contribution in [2.24, 2.45) is 0 Å². The lowest BCUT2D eigenvalue weighted by Crippen LogP contribution is -2.22. The van der Waals surface area contributed by atoms with Gasteiger partial charge in [-0.3, -0.25) is 0 Å². The molecule has 1 fully saturated rings. The number of ether oxygens (including phenoxy) is 4. The van der Waals surface area contributed by atoms with E-state index in [-0.39, 0.29) is 6.29 Å². The van der Waals surface area contributed by atoms with Crippen LogP contribution in [0.15, 0.2) is 24.3 Å². The van der Waals surface area contributed by atoms with E-state index in [1.807, 2.05) is 24.3 Å². The topological polar surface area (TPSA) is 36.9 Å². The van der Waals surface area contributed by atoms with E-state index in [0.717, 1.165) is 51.3 Å². The van der Waals surface area contributed by atoms with Gasteiger partial charge in [0.1, 0.15) is 5.75 Å². The largest absolute Gasteiger partial charge is 0.497 e. The molecule has 0 aromatic heterocycles. The molecule has 1 aromatic carbocycles. The van der Waals surface area contributed by atoms with E-state index in [1.54, 1.807) is 7.11 Å². The number of rotatable bonds is 10. The van der Waals surface area contributed by atoms with Crippen molar-refractivity contribution in [2.45, 2.75) is 51.4 Å². The highest BCUT2D eigenvalue weighted by molar-refractivity contribution is 5.26. The van der Waals surface area contributed by atoms with E-state index in [1.165, 1.54) is 18.4 Å². The number of hydrogen-bond acceptors (Lipinski definition) is 4. The molecule has 2 rings (SSSR count). The first-order valence-corrected chi connectivity index (χ1v) is 8.32. The molecule has 0 saturated carbocycles. The normalized spacial score (nSPS) is 18.3. The van der Waals surface area contributed by atoms with Crippen molar-refractivity contribution in [3.8, 4) is 5.75 Å². The van der Waals surface area contributed by atoms with Gasteiger partial charge in [0.15, 0.2) is 6.29 Å². The van der Waals surface area contributed by atoms with Gasteiger partial charge in [-0.1, -0.05) is 12.1 Å². The predicted molar refractivity (Wildman–Crippen MR) is 86.0 cm³/mol. The molecule has 1 unspecified atom stereocenters. The van der Waals surface area contributed by atoms with Crippen LogP contribution in [0.3, 0.4) is 0 Å². The Morgan fingerprint density at radius 3 is 2.59 bits per heavy atom. The maximum atomic E-state index is 5.71. The second-order valence-corrected chi connectivity index (χ2v) is 5.63. The van der Waals surface area contributed by atoms with Crippen molar-refractivity contribution >= 4 is 0 Å². The van der Waals surface area contributed by atoms with E-state index in [9.17, 15) is 0 Å². The van der Waals surface area contributed by atoms with E-state index < -0.39 is 0 Å². The molecule has 1 heterocycles. The van der Waals surface area contributed by atoms with Crippen LogP contribution in [0, 0.1) is 0 Å². The molecule has 1 aromatic rings. The highest BCUT2D eigenvalue weighted by atomic mass is 16.7. The molecule has 0 amide bonds. The molecule has 0 N–H and O–H groups in total. The molecule has 1 aliphatic heterocycles. The lowest BCUT2D eigenvalue weighted by molar-refractivity contribution is -0.162. The van der Waals surface area contributed by atoms with E-state index in [0.29, 0.717) is 6.61 Å². The minimum atomic E-state index is 0.0417. The first-order chi connectivity index (χ1) is 10.9. The fourth-order valence-electron chi connectivity index (χ4n) is 2.45. The van der Waals surface area contributed by atoms with Gasteiger partial charge in [-0.15, -0.1) is 0 Å². The van der Waals surface area contributed by atoms with Crippen molar-refractivity contribution in [3.05, 3.63) is 29.8 Å². The van der Waals surface area contributed by atoms with Crippen LogP contribution in [0.25, 0.3) is 0 Å². The third-order valence-corrected chi connectivity index (χ3v) is 3.80. The summed E-state index contributed by atoms with van der Waals surface area (Å²) in [5.41, 5.74) is 1.18. The zero-order chi connectivity index (χ0) is 15.5. The maximum absolute atomic E-state index is 5.71. The van der Waals surface area contributed by atoms with Crippen molar-refractivity contribution in [1.82, 2.24) is 0 Å². The van der Waals surface area contributed by atoms with Crippen LogP contribution >= 0.6 is 0 Å². The van der Waals surface area contributed by atoms with Crippen molar-refractivity contribution in [2.75, 3.05) is 26.9 Å². The van der Waals surface area contributed by atoms with Crippen molar-refractivity contribution in [1.29, 1.82) is 0 Å². The van der Waals surface area contributed by atoms with Crippen molar-refractivity contribution < 1.29 is 18.9 Å². The SMILES string of the molecule is COc1ccc(COCCCCCOC2CCCCO2)cc1. The molecule has 4 nitrogen and oxygen atoms in total. The van der Waals surface area contributed by atoms with Crippen LogP contribution in [-0.2, 0) is 20.8 Å². The van der Waals surface area contributed by atoms with Gasteiger partial charge in [0.2, 0.25) is 0 Å². The average molecular weight is 308 g/mol. The molecule has 1 aliphatic rings. The predicted octanol–water partition coefficient (Wildman–Crippen LogP) is 3.93. The Labute approximate surface area is 133 Å². The summed E-state index contributed by atoms with van der Waals surface area (Å²) in [5.74, 6) is 0.880. The molecule has 0 radical (unpaired) electrons. The van der Waals surface area contributed by atoms with Crippen LogP contribution < -0.4 is 4.74 Å². The Balaban J connectivity index is 1.42. The Kier molecular flexibility index (Phi) is 8.31. The maximum Gasteiger partial charge on any atom is 0.157 e. The summed E-state index contributed by atoms with van der Waals surface area (Å²) in [7, 11) is 1.68. The van der Waals surface area contributed by atoms with E-state index in [2.05, 4.69) is 0 Å². The standard InChI is InChI=1S/C18H28O4/c1-19-17-10-8-16(9-11-17)15-20-12-4-2-5-13-21-18-7-3-6-14-22-18/h8-11,18H,2-7,12-15H2,1H3. The second-order valence-electron chi connectivity index (χ2n) is 5.63. The Hall–Kier alpha value is -1.10. The minimum absolute atomic E-state index is 0.0417. The molecule has 124 valence electrons. The summed E-state index contributed by atoms with van der Waals surface area (Å²) >= 11 is 0. The monoisotopic (exact) mass is 308 g/mol. The van der Waals surface area contributed by atoms with Crippen LogP contribution in [0.5, 0.6) is 5.75 Å². The number of benzene rings is 1. The molecule has 1 atom stereocenters. The highest BCUT2D eigenvalue weighted by Gasteiger charge is 2.13. The quantitative estimate of drug-likeness (QED) is 0.614. The first kappa shape index (κ1) is 17.3. The van der Waals surface area contributed by atoms with Gasteiger partial charge in [0, 0.05) is 19.8 Å². The van der Waals surface area contributed by atoms with Gasteiger partial charge < -0.3 is 18.9 Å². The molecule has 1 saturated heterocycles. The summed E-state index contributed by atoms with van der Waals surface area (Å²) < 4.78 is 22.1. The van der Waals surface area contributed by atoms with Gasteiger partial charge in [-0.2, -0.15) is 0 Å². The summed E-state index contributed by atoms with van der Waals surface area (Å²) in [6.07, 6.45) is 6.77. The van der Waals surface area contributed by atoms with Crippen molar-refractivity contribution in [3.63, 3.8) is 0 Å². The third kappa shape index (κ3) is 6.77. The molecule has 0 spiro atoms. The average Bonchev–Trinajstić information content (AvgIpc) is 2.59. The third-order valence-electron chi connectivity index (χ3n) is 3.80. The van der Waals surface area contributed by atoms with Crippen LogP contribution in [0.1, 0.15) is 44.1 Å². The van der Waals surface area contributed by atoms with Crippen LogP contribution in [-0.4, -0.2) is 33.2 Å². The summed E-state index contributed by atoms with van der Waals surface area (Å²) in [6.45, 7) is 3.11. The fourth-order valence-corrected chi connectivity index (χ4v) is 2.45. The zero-order valence-corrected chi connectivity index (χ0v) is 13.6. The van der Waals surface area contributed by atoms with Gasteiger partial charge in [-0.05, 0) is 56.2 Å². The smallest absolute Gasteiger partial charge is 0.157 e.